The smallest absolute Gasteiger partial charge is 0.120 e. The Balaban J connectivity index is 2.58. The first-order chi connectivity index (χ1) is 5.33. The van der Waals surface area contributed by atoms with Gasteiger partial charge in [-0.05, 0) is 35.3 Å². The molecule has 0 bridgehead atoms. The average molecular weight is 203 g/mol. The van der Waals surface area contributed by atoms with E-state index >= 15 is 0 Å². The van der Waals surface area contributed by atoms with Gasteiger partial charge in [0.2, 0.25) is 0 Å². The minimum Gasteiger partial charge on any atom is -0.321 e. The summed E-state index contributed by atoms with van der Waals surface area (Å²) in [6, 6.07) is 10.0. The summed E-state index contributed by atoms with van der Waals surface area (Å²) in [5.74, 6) is 0. The monoisotopic (exact) mass is 203 g/mol. The normalized spacial score (nSPS) is 11.2. The second kappa shape index (κ2) is 4.83. The minimum absolute atomic E-state index is 0.755. The zero-order chi connectivity index (χ0) is 8.10. The molecule has 0 aliphatic heterocycles. The molecular formula is C7H8OPS2. The molecular weight excluding hydrogens is 195 g/mol. The van der Waals surface area contributed by atoms with E-state index in [2.05, 4.69) is 0 Å². The quantitative estimate of drug-likeness (QED) is 0.698. The fraction of sp³-hybridized carbons (Fsp3) is 0.143. The maximum Gasteiger partial charge on any atom is 0.120 e. The molecule has 59 valence electrons. The van der Waals surface area contributed by atoms with Crippen molar-refractivity contribution in [2.45, 2.75) is 4.90 Å². The lowest BCUT2D eigenvalue weighted by atomic mass is 10.4. The fourth-order valence-electron chi connectivity index (χ4n) is 0.605. The standard InChI is InChI=1S/C7H8OPS2/c1-8-9(10)11-7-5-3-2-4-6-7/h2-6H,1H3. The summed E-state index contributed by atoms with van der Waals surface area (Å²) in [4.78, 5) is 1.18. The highest BCUT2D eigenvalue weighted by atomic mass is 32.9. The summed E-state index contributed by atoms with van der Waals surface area (Å²) in [5.41, 5.74) is 0. The zero-order valence-corrected chi connectivity index (χ0v) is 8.59. The van der Waals surface area contributed by atoms with Crippen LogP contribution >= 0.6 is 17.5 Å². The topological polar surface area (TPSA) is 9.23 Å². The first-order valence-electron chi connectivity index (χ1n) is 3.07. The van der Waals surface area contributed by atoms with Gasteiger partial charge in [-0.15, -0.1) is 0 Å². The van der Waals surface area contributed by atoms with Crippen LogP contribution in [0.5, 0.6) is 0 Å². The van der Waals surface area contributed by atoms with E-state index in [0.717, 1.165) is 0 Å². The second-order valence-corrected chi connectivity index (χ2v) is 6.51. The van der Waals surface area contributed by atoms with E-state index in [1.165, 1.54) is 4.90 Å². The Kier molecular flexibility index (Phi) is 4.02. The van der Waals surface area contributed by atoms with Crippen LogP contribution in [0.25, 0.3) is 0 Å². The number of hydrogen-bond acceptors (Lipinski definition) is 3. The Morgan fingerprint density at radius 2 is 2.00 bits per heavy atom. The molecule has 1 aromatic rings. The Labute approximate surface area is 76.4 Å². The van der Waals surface area contributed by atoms with Crippen molar-refractivity contribution in [3.63, 3.8) is 0 Å². The van der Waals surface area contributed by atoms with Gasteiger partial charge >= 0.3 is 0 Å². The van der Waals surface area contributed by atoms with Crippen LogP contribution in [-0.4, -0.2) is 7.11 Å². The van der Waals surface area contributed by atoms with E-state index in [1.54, 1.807) is 18.5 Å². The minimum atomic E-state index is -0.755. The molecule has 1 aromatic carbocycles. The first-order valence-corrected chi connectivity index (χ1v) is 6.77. The maximum absolute atomic E-state index is 5.03. The Bertz CT molecular complexity index is 237. The molecule has 0 spiro atoms. The van der Waals surface area contributed by atoms with Gasteiger partial charge in [-0.3, -0.25) is 0 Å². The lowest BCUT2D eigenvalue weighted by Gasteiger charge is -1.99. The molecule has 0 heterocycles. The summed E-state index contributed by atoms with van der Waals surface area (Å²) >= 11 is 6.63. The molecule has 4 heteroatoms. The highest BCUT2D eigenvalue weighted by Crippen LogP contribution is 2.43. The molecule has 1 atom stereocenters. The number of hydrogen-bond donors (Lipinski definition) is 0. The van der Waals surface area contributed by atoms with Gasteiger partial charge in [-0.1, -0.05) is 18.2 Å². The Morgan fingerprint density at radius 1 is 1.36 bits per heavy atom. The molecule has 0 aliphatic rings. The van der Waals surface area contributed by atoms with Crippen LogP contribution < -0.4 is 0 Å². The van der Waals surface area contributed by atoms with Gasteiger partial charge in [-0.2, -0.15) is 0 Å². The van der Waals surface area contributed by atoms with Gasteiger partial charge in [0.25, 0.3) is 0 Å². The molecule has 1 nitrogen and oxygen atoms in total. The first kappa shape index (κ1) is 9.14. The van der Waals surface area contributed by atoms with Crippen molar-refractivity contribution in [3.8, 4) is 0 Å². The van der Waals surface area contributed by atoms with Gasteiger partial charge in [0.1, 0.15) is 6.13 Å². The van der Waals surface area contributed by atoms with Gasteiger partial charge in [0.05, 0.1) is 0 Å². The maximum atomic E-state index is 5.03. The van der Waals surface area contributed by atoms with E-state index in [1.807, 2.05) is 30.3 Å². The van der Waals surface area contributed by atoms with E-state index < -0.39 is 6.13 Å². The van der Waals surface area contributed by atoms with Crippen molar-refractivity contribution in [3.05, 3.63) is 30.3 Å². The second-order valence-electron chi connectivity index (χ2n) is 1.81. The van der Waals surface area contributed by atoms with Gasteiger partial charge in [0.15, 0.2) is 0 Å². The predicted octanol–water partition coefficient (Wildman–Crippen LogP) is 3.20. The molecule has 0 saturated carbocycles. The molecule has 0 amide bonds. The van der Waals surface area contributed by atoms with E-state index in [-0.39, 0.29) is 0 Å². The summed E-state index contributed by atoms with van der Waals surface area (Å²) in [7, 11) is 1.65. The molecule has 0 aromatic heterocycles. The largest absolute Gasteiger partial charge is 0.321 e. The third kappa shape index (κ3) is 3.30. The average Bonchev–Trinajstić information content (AvgIpc) is 2.06. The van der Waals surface area contributed by atoms with Gasteiger partial charge in [0, 0.05) is 12.0 Å². The molecule has 0 N–H and O–H groups in total. The fourth-order valence-corrected chi connectivity index (χ4v) is 3.01. The van der Waals surface area contributed by atoms with Crippen LogP contribution in [0.15, 0.2) is 35.2 Å². The molecule has 11 heavy (non-hydrogen) atoms. The van der Waals surface area contributed by atoms with Gasteiger partial charge in [-0.25, -0.2) is 0 Å². The van der Waals surface area contributed by atoms with Crippen LogP contribution in [0.3, 0.4) is 0 Å². The summed E-state index contributed by atoms with van der Waals surface area (Å²) in [5, 5.41) is 0. The van der Waals surface area contributed by atoms with Crippen molar-refractivity contribution in [1.82, 2.24) is 0 Å². The van der Waals surface area contributed by atoms with E-state index in [9.17, 15) is 0 Å². The van der Waals surface area contributed by atoms with Crippen molar-refractivity contribution in [1.29, 1.82) is 0 Å². The van der Waals surface area contributed by atoms with E-state index in [0.29, 0.717) is 0 Å². The summed E-state index contributed by atoms with van der Waals surface area (Å²) < 4.78 is 5.00. The van der Waals surface area contributed by atoms with Crippen molar-refractivity contribution >= 4 is 29.3 Å². The highest BCUT2D eigenvalue weighted by molar-refractivity contribution is 8.62. The molecule has 0 fully saturated rings. The molecule has 1 rings (SSSR count). The third-order valence-corrected chi connectivity index (χ3v) is 4.65. The van der Waals surface area contributed by atoms with Crippen LogP contribution in [0.1, 0.15) is 0 Å². The number of rotatable bonds is 3. The van der Waals surface area contributed by atoms with Gasteiger partial charge < -0.3 is 4.52 Å². The lowest BCUT2D eigenvalue weighted by Crippen LogP contribution is -1.65. The predicted molar refractivity (Wildman–Crippen MR) is 53.6 cm³/mol. The molecule has 1 radical (unpaired) electrons. The Hall–Kier alpha value is 0.0500. The highest BCUT2D eigenvalue weighted by Gasteiger charge is 1.95. The van der Waals surface area contributed by atoms with Crippen molar-refractivity contribution in [2.75, 3.05) is 7.11 Å². The van der Waals surface area contributed by atoms with Crippen LogP contribution in [0.4, 0.5) is 0 Å². The number of benzene rings is 1. The van der Waals surface area contributed by atoms with Crippen molar-refractivity contribution in [2.24, 2.45) is 0 Å². The molecule has 0 aliphatic carbocycles. The molecule has 1 unspecified atom stereocenters. The lowest BCUT2D eigenvalue weighted by molar-refractivity contribution is 0.484. The third-order valence-electron chi connectivity index (χ3n) is 1.07. The zero-order valence-electron chi connectivity index (χ0n) is 6.06. The SMILES string of the molecule is CO[P](=S)Sc1ccccc1. The van der Waals surface area contributed by atoms with E-state index in [4.69, 9.17) is 16.3 Å². The molecule has 0 saturated heterocycles. The van der Waals surface area contributed by atoms with Crippen LogP contribution in [0.2, 0.25) is 0 Å². The van der Waals surface area contributed by atoms with Crippen LogP contribution in [0, 0.1) is 0 Å². The summed E-state index contributed by atoms with van der Waals surface area (Å²) in [6.45, 7) is 0. The Morgan fingerprint density at radius 3 is 2.55 bits per heavy atom. The summed E-state index contributed by atoms with van der Waals surface area (Å²) in [6.07, 6.45) is -0.755. The van der Waals surface area contributed by atoms with Crippen LogP contribution in [-0.2, 0) is 16.3 Å². The van der Waals surface area contributed by atoms with Crippen molar-refractivity contribution < 1.29 is 4.52 Å².